The van der Waals surface area contributed by atoms with E-state index in [0.717, 1.165) is 6.08 Å². The van der Waals surface area contributed by atoms with Crippen molar-refractivity contribution >= 4 is 5.97 Å². The molecule has 4 nitrogen and oxygen atoms in total. The van der Waals surface area contributed by atoms with E-state index < -0.39 is 5.97 Å². The van der Waals surface area contributed by atoms with Gasteiger partial charge in [0.15, 0.2) is 0 Å². The minimum Gasteiger partial charge on any atom is -0.460 e. The molecule has 1 atom stereocenters. The quantitative estimate of drug-likeness (QED) is 0.338. The third-order valence-corrected chi connectivity index (χ3v) is 1.10. The predicted molar refractivity (Wildman–Crippen MR) is 43.6 cm³/mol. The van der Waals surface area contributed by atoms with Gasteiger partial charge in [0.1, 0.15) is 13.4 Å². The van der Waals surface area contributed by atoms with E-state index in [4.69, 9.17) is 9.47 Å². The van der Waals surface area contributed by atoms with Gasteiger partial charge in [0.05, 0.1) is 6.10 Å². The van der Waals surface area contributed by atoms with Crippen LogP contribution in [0, 0.1) is 0 Å². The van der Waals surface area contributed by atoms with Gasteiger partial charge >= 0.3 is 5.97 Å². The Labute approximate surface area is 72.1 Å². The highest BCUT2D eigenvalue weighted by Gasteiger charge is 2.03. The molecule has 12 heavy (non-hydrogen) atoms. The van der Waals surface area contributed by atoms with Crippen molar-refractivity contribution in [2.75, 3.05) is 20.5 Å². The maximum Gasteiger partial charge on any atom is 0.330 e. The third kappa shape index (κ3) is 5.88. The second-order valence-corrected chi connectivity index (χ2v) is 2.22. The molecule has 0 aromatic carbocycles. The highest BCUT2D eigenvalue weighted by Crippen LogP contribution is 1.92. The summed E-state index contributed by atoms with van der Waals surface area (Å²) in [7, 11) is 1.53. The first-order valence-corrected chi connectivity index (χ1v) is 3.60. The van der Waals surface area contributed by atoms with E-state index in [-0.39, 0.29) is 19.5 Å². The minimum absolute atomic E-state index is 0.158. The molecule has 0 bridgehead atoms. The van der Waals surface area contributed by atoms with Crippen molar-refractivity contribution in [3.05, 3.63) is 12.7 Å². The Morgan fingerprint density at radius 3 is 2.83 bits per heavy atom. The molecular weight excluding hydrogens is 160 g/mol. The summed E-state index contributed by atoms with van der Waals surface area (Å²) >= 11 is 0. The molecule has 70 valence electrons. The molecule has 0 aliphatic rings. The van der Waals surface area contributed by atoms with Crippen LogP contribution in [0.4, 0.5) is 0 Å². The van der Waals surface area contributed by atoms with Gasteiger partial charge in [-0.25, -0.2) is 4.79 Å². The Bertz CT molecular complexity index is 144. The molecule has 0 rings (SSSR count). The van der Waals surface area contributed by atoms with E-state index in [0.29, 0.717) is 0 Å². The van der Waals surface area contributed by atoms with Crippen LogP contribution in [0.5, 0.6) is 0 Å². The lowest BCUT2D eigenvalue weighted by atomic mass is 10.4. The number of hydrogen-bond donors (Lipinski definition) is 0. The number of esters is 1. The van der Waals surface area contributed by atoms with Gasteiger partial charge in [0, 0.05) is 13.2 Å². The van der Waals surface area contributed by atoms with Gasteiger partial charge in [-0.1, -0.05) is 6.58 Å². The Balaban J connectivity index is 3.36. The maximum absolute atomic E-state index is 10.6. The molecule has 0 aromatic rings. The number of hydrogen-bond acceptors (Lipinski definition) is 4. The highest BCUT2D eigenvalue weighted by atomic mass is 16.7. The lowest BCUT2D eigenvalue weighted by molar-refractivity contribution is -0.145. The normalized spacial score (nSPS) is 12.2. The van der Waals surface area contributed by atoms with Crippen molar-refractivity contribution in [2.45, 2.75) is 13.0 Å². The van der Waals surface area contributed by atoms with Crippen LogP contribution in [0.1, 0.15) is 6.92 Å². The van der Waals surface area contributed by atoms with Crippen LogP contribution in [0.25, 0.3) is 0 Å². The monoisotopic (exact) mass is 174 g/mol. The molecule has 0 saturated carbocycles. The molecule has 0 aromatic heterocycles. The van der Waals surface area contributed by atoms with Crippen LogP contribution in [0.3, 0.4) is 0 Å². The zero-order valence-corrected chi connectivity index (χ0v) is 7.41. The van der Waals surface area contributed by atoms with E-state index in [1.54, 1.807) is 6.92 Å². The average Bonchev–Trinajstić information content (AvgIpc) is 2.10. The largest absolute Gasteiger partial charge is 0.460 e. The van der Waals surface area contributed by atoms with Gasteiger partial charge in [-0.3, -0.25) is 0 Å². The predicted octanol–water partition coefficient (Wildman–Crippen LogP) is 0.725. The van der Waals surface area contributed by atoms with Crippen molar-refractivity contribution in [1.29, 1.82) is 0 Å². The molecule has 0 N–H and O–H groups in total. The summed E-state index contributed by atoms with van der Waals surface area (Å²) in [4.78, 5) is 10.6. The van der Waals surface area contributed by atoms with Gasteiger partial charge in [-0.05, 0) is 6.92 Å². The molecule has 1 unspecified atom stereocenters. The molecular formula is C8H14O4. The van der Waals surface area contributed by atoms with Crippen LogP contribution in [0.2, 0.25) is 0 Å². The number of carbonyl (C=O) groups excluding carboxylic acids is 1. The molecule has 0 heterocycles. The first kappa shape index (κ1) is 11.1. The van der Waals surface area contributed by atoms with Crippen molar-refractivity contribution in [2.24, 2.45) is 0 Å². The number of rotatable bonds is 6. The molecule has 0 aliphatic heterocycles. The van der Waals surface area contributed by atoms with E-state index in [2.05, 4.69) is 11.3 Å². The summed E-state index contributed by atoms with van der Waals surface area (Å²) in [5.41, 5.74) is 0. The van der Waals surface area contributed by atoms with Crippen LogP contribution in [0.15, 0.2) is 12.7 Å². The molecule has 0 radical (unpaired) electrons. The van der Waals surface area contributed by atoms with Crippen molar-refractivity contribution < 1.29 is 19.0 Å². The lowest BCUT2D eigenvalue weighted by Gasteiger charge is -2.11. The Morgan fingerprint density at radius 1 is 1.67 bits per heavy atom. The van der Waals surface area contributed by atoms with Gasteiger partial charge < -0.3 is 14.2 Å². The van der Waals surface area contributed by atoms with Gasteiger partial charge in [-0.2, -0.15) is 0 Å². The summed E-state index contributed by atoms with van der Waals surface area (Å²) in [5.74, 6) is -0.442. The zero-order chi connectivity index (χ0) is 9.40. The standard InChI is InChI=1S/C8H14O4/c1-4-8(9)11-5-7(2)12-6-10-3/h4,7H,1,5-6H2,2-3H3. The average molecular weight is 174 g/mol. The smallest absolute Gasteiger partial charge is 0.330 e. The number of ether oxygens (including phenoxy) is 3. The van der Waals surface area contributed by atoms with E-state index >= 15 is 0 Å². The van der Waals surface area contributed by atoms with Crippen LogP contribution in [-0.4, -0.2) is 32.6 Å². The Kier molecular flexibility index (Phi) is 6.32. The third-order valence-electron chi connectivity index (χ3n) is 1.10. The molecule has 0 aliphatic carbocycles. The van der Waals surface area contributed by atoms with Crippen molar-refractivity contribution in [1.82, 2.24) is 0 Å². The van der Waals surface area contributed by atoms with Gasteiger partial charge in [0.2, 0.25) is 0 Å². The van der Waals surface area contributed by atoms with Crippen LogP contribution in [-0.2, 0) is 19.0 Å². The maximum atomic E-state index is 10.6. The van der Waals surface area contributed by atoms with Crippen LogP contribution < -0.4 is 0 Å². The fraction of sp³-hybridized carbons (Fsp3) is 0.625. The number of methoxy groups -OCH3 is 1. The van der Waals surface area contributed by atoms with Crippen molar-refractivity contribution in [3.63, 3.8) is 0 Å². The lowest BCUT2D eigenvalue weighted by Crippen LogP contribution is -2.19. The highest BCUT2D eigenvalue weighted by molar-refractivity contribution is 5.81. The summed E-state index contributed by atoms with van der Waals surface area (Å²) < 4.78 is 14.4. The van der Waals surface area contributed by atoms with Crippen LogP contribution >= 0.6 is 0 Å². The van der Waals surface area contributed by atoms with E-state index in [9.17, 15) is 4.79 Å². The molecule has 0 fully saturated rings. The summed E-state index contributed by atoms with van der Waals surface area (Å²) in [6.45, 7) is 5.47. The summed E-state index contributed by atoms with van der Waals surface area (Å²) in [5, 5.41) is 0. The SMILES string of the molecule is C=CC(=O)OCC(C)OCOC. The first-order valence-electron chi connectivity index (χ1n) is 3.60. The second-order valence-electron chi connectivity index (χ2n) is 2.22. The fourth-order valence-corrected chi connectivity index (χ4v) is 0.491. The zero-order valence-electron chi connectivity index (χ0n) is 7.41. The Morgan fingerprint density at radius 2 is 2.33 bits per heavy atom. The summed E-state index contributed by atoms with van der Waals surface area (Å²) in [6, 6.07) is 0. The number of carbonyl (C=O) groups is 1. The van der Waals surface area contributed by atoms with Crippen molar-refractivity contribution in [3.8, 4) is 0 Å². The van der Waals surface area contributed by atoms with E-state index in [1.807, 2.05) is 0 Å². The Hall–Kier alpha value is -0.870. The van der Waals surface area contributed by atoms with Gasteiger partial charge in [-0.15, -0.1) is 0 Å². The molecule has 0 spiro atoms. The van der Waals surface area contributed by atoms with E-state index in [1.165, 1.54) is 7.11 Å². The second kappa shape index (κ2) is 6.82. The summed E-state index contributed by atoms with van der Waals surface area (Å²) in [6.07, 6.45) is 0.956. The van der Waals surface area contributed by atoms with Gasteiger partial charge in [0.25, 0.3) is 0 Å². The molecule has 0 amide bonds. The molecule has 0 saturated heterocycles. The first-order chi connectivity index (χ1) is 5.70. The topological polar surface area (TPSA) is 44.8 Å². The fourth-order valence-electron chi connectivity index (χ4n) is 0.491. The minimum atomic E-state index is -0.442. The molecule has 4 heteroatoms.